The van der Waals surface area contributed by atoms with Gasteiger partial charge in [0.15, 0.2) is 0 Å². The molecule has 1 aliphatic carbocycles. The first-order valence-corrected chi connectivity index (χ1v) is 9.08. The van der Waals surface area contributed by atoms with Gasteiger partial charge in [0, 0.05) is 12.3 Å². The molecule has 0 radical (unpaired) electrons. The van der Waals surface area contributed by atoms with Crippen molar-refractivity contribution >= 4 is 11.9 Å². The quantitative estimate of drug-likeness (QED) is 0.803. The molecule has 0 unspecified atom stereocenters. The third kappa shape index (κ3) is 3.50. The average Bonchev–Trinajstić information content (AvgIpc) is 2.97. The molecule has 2 aromatic carbocycles. The van der Waals surface area contributed by atoms with Crippen molar-refractivity contribution in [3.63, 3.8) is 0 Å². The van der Waals surface area contributed by atoms with Gasteiger partial charge >= 0.3 is 5.97 Å². The number of methoxy groups -OCH3 is 1. The molecule has 1 amide bonds. The number of hydrogen-bond donors (Lipinski definition) is 1. The second kappa shape index (κ2) is 7.73. The number of carbonyl (C=O) groups excluding carboxylic acids is 2. The number of ether oxygens (including phenoxy) is 1. The molecule has 0 fully saturated rings. The van der Waals surface area contributed by atoms with E-state index in [2.05, 4.69) is 29.6 Å². The number of benzene rings is 2. The fourth-order valence-corrected chi connectivity index (χ4v) is 3.72. The Balaban J connectivity index is 1.72. The van der Waals surface area contributed by atoms with E-state index in [0.29, 0.717) is 12.8 Å². The summed E-state index contributed by atoms with van der Waals surface area (Å²) in [6, 6.07) is 16.2. The van der Waals surface area contributed by atoms with Crippen LogP contribution in [-0.2, 0) is 14.3 Å². The van der Waals surface area contributed by atoms with E-state index in [-0.39, 0.29) is 17.7 Å². The van der Waals surface area contributed by atoms with E-state index in [1.54, 1.807) is 0 Å². The largest absolute Gasteiger partial charge is 0.467 e. The van der Waals surface area contributed by atoms with Gasteiger partial charge in [0.05, 0.1) is 7.11 Å². The summed E-state index contributed by atoms with van der Waals surface area (Å²) in [7, 11) is 1.34. The molecule has 136 valence electrons. The lowest BCUT2D eigenvalue weighted by Gasteiger charge is -2.20. The molecule has 4 nitrogen and oxygen atoms in total. The molecule has 2 aromatic rings. The van der Waals surface area contributed by atoms with Crippen LogP contribution in [0.2, 0.25) is 0 Å². The molecular weight excluding hydrogens is 326 g/mol. The van der Waals surface area contributed by atoms with Crippen molar-refractivity contribution in [1.82, 2.24) is 5.32 Å². The molecule has 0 spiro atoms. The molecule has 1 atom stereocenters. The minimum Gasteiger partial charge on any atom is -0.467 e. The number of amides is 1. The van der Waals surface area contributed by atoms with Crippen molar-refractivity contribution in [2.24, 2.45) is 5.92 Å². The normalized spacial score (nSPS) is 13.8. The Kier molecular flexibility index (Phi) is 5.40. The molecule has 3 rings (SSSR count). The van der Waals surface area contributed by atoms with Crippen LogP contribution in [0.4, 0.5) is 0 Å². The predicted molar refractivity (Wildman–Crippen MR) is 102 cm³/mol. The van der Waals surface area contributed by atoms with E-state index in [0.717, 1.165) is 0 Å². The molecular formula is C22H25NO3. The first-order chi connectivity index (χ1) is 12.5. The summed E-state index contributed by atoms with van der Waals surface area (Å²) in [6.07, 6.45) is 1.08. The Morgan fingerprint density at radius 1 is 1.00 bits per heavy atom. The molecule has 0 heterocycles. The number of nitrogens with one attached hydrogen (secondary N) is 1. The molecule has 4 heteroatoms. The van der Waals surface area contributed by atoms with Crippen molar-refractivity contribution in [2.45, 2.75) is 38.6 Å². The predicted octanol–water partition coefficient (Wildman–Crippen LogP) is 3.89. The lowest BCUT2D eigenvalue weighted by Crippen LogP contribution is -2.45. The van der Waals surface area contributed by atoms with Gasteiger partial charge in [-0.25, -0.2) is 4.79 Å². The SMILES string of the molecule is COC(=O)[C@@H](NC(=O)CCC1c2ccccc2-c2ccccc21)C(C)C. The van der Waals surface area contributed by atoms with E-state index >= 15 is 0 Å². The van der Waals surface area contributed by atoms with Crippen molar-refractivity contribution in [2.75, 3.05) is 7.11 Å². The zero-order chi connectivity index (χ0) is 18.7. The molecule has 0 aliphatic heterocycles. The molecule has 0 bridgehead atoms. The zero-order valence-corrected chi connectivity index (χ0v) is 15.5. The molecule has 1 N–H and O–H groups in total. The van der Waals surface area contributed by atoms with Gasteiger partial charge < -0.3 is 10.1 Å². The van der Waals surface area contributed by atoms with Crippen molar-refractivity contribution < 1.29 is 14.3 Å². The molecule has 1 aliphatic rings. The Morgan fingerprint density at radius 3 is 2.04 bits per heavy atom. The second-order valence-electron chi connectivity index (χ2n) is 7.08. The summed E-state index contributed by atoms with van der Waals surface area (Å²) < 4.78 is 4.79. The maximum Gasteiger partial charge on any atom is 0.328 e. The summed E-state index contributed by atoms with van der Waals surface area (Å²) in [6.45, 7) is 3.79. The van der Waals surface area contributed by atoms with E-state index in [1.165, 1.54) is 29.4 Å². The van der Waals surface area contributed by atoms with Crippen LogP contribution in [0.3, 0.4) is 0 Å². The zero-order valence-electron chi connectivity index (χ0n) is 15.5. The van der Waals surface area contributed by atoms with Crippen LogP contribution in [0.15, 0.2) is 48.5 Å². The van der Waals surface area contributed by atoms with Crippen molar-refractivity contribution in [3.8, 4) is 11.1 Å². The van der Waals surface area contributed by atoms with Crippen LogP contribution in [0, 0.1) is 5.92 Å². The highest BCUT2D eigenvalue weighted by atomic mass is 16.5. The number of esters is 1. The molecule has 0 saturated heterocycles. The smallest absolute Gasteiger partial charge is 0.328 e. The summed E-state index contributed by atoms with van der Waals surface area (Å²) in [5, 5.41) is 2.83. The first kappa shape index (κ1) is 18.2. The number of rotatable bonds is 6. The number of fused-ring (bicyclic) bond motifs is 3. The van der Waals surface area contributed by atoms with Gasteiger partial charge in [-0.2, -0.15) is 0 Å². The van der Waals surface area contributed by atoms with Crippen LogP contribution in [-0.4, -0.2) is 25.0 Å². The Bertz CT molecular complexity index is 767. The highest BCUT2D eigenvalue weighted by Gasteiger charge is 2.29. The lowest BCUT2D eigenvalue weighted by molar-refractivity contribution is -0.146. The average molecular weight is 351 g/mol. The fourth-order valence-electron chi connectivity index (χ4n) is 3.72. The van der Waals surface area contributed by atoms with E-state index in [1.807, 2.05) is 38.1 Å². The van der Waals surface area contributed by atoms with Crippen LogP contribution < -0.4 is 5.32 Å². The summed E-state index contributed by atoms with van der Waals surface area (Å²) in [4.78, 5) is 24.3. The molecule has 26 heavy (non-hydrogen) atoms. The van der Waals surface area contributed by atoms with Gasteiger partial charge in [0.25, 0.3) is 0 Å². The van der Waals surface area contributed by atoms with E-state index in [9.17, 15) is 9.59 Å². The van der Waals surface area contributed by atoms with E-state index < -0.39 is 12.0 Å². The van der Waals surface area contributed by atoms with Crippen LogP contribution >= 0.6 is 0 Å². The van der Waals surface area contributed by atoms with Gasteiger partial charge in [0.1, 0.15) is 6.04 Å². The summed E-state index contributed by atoms with van der Waals surface area (Å²) >= 11 is 0. The Morgan fingerprint density at radius 2 is 1.54 bits per heavy atom. The highest BCUT2D eigenvalue weighted by Crippen LogP contribution is 2.46. The minimum atomic E-state index is -0.601. The van der Waals surface area contributed by atoms with Gasteiger partial charge in [-0.3, -0.25) is 4.79 Å². The van der Waals surface area contributed by atoms with E-state index in [4.69, 9.17) is 4.74 Å². The monoisotopic (exact) mass is 351 g/mol. The minimum absolute atomic E-state index is 0.0145. The lowest BCUT2D eigenvalue weighted by atomic mass is 9.92. The fraction of sp³-hybridized carbons (Fsp3) is 0.364. The molecule has 0 saturated carbocycles. The number of hydrogen-bond acceptors (Lipinski definition) is 3. The maximum absolute atomic E-state index is 12.4. The third-order valence-electron chi connectivity index (χ3n) is 5.06. The van der Waals surface area contributed by atoms with Gasteiger partial charge in [-0.1, -0.05) is 62.4 Å². The van der Waals surface area contributed by atoms with Gasteiger partial charge in [-0.15, -0.1) is 0 Å². The third-order valence-corrected chi connectivity index (χ3v) is 5.06. The first-order valence-electron chi connectivity index (χ1n) is 9.08. The van der Waals surface area contributed by atoms with Crippen LogP contribution in [0.1, 0.15) is 43.7 Å². The number of carbonyl (C=O) groups is 2. The van der Waals surface area contributed by atoms with Crippen molar-refractivity contribution in [3.05, 3.63) is 59.7 Å². The second-order valence-corrected chi connectivity index (χ2v) is 7.08. The van der Waals surface area contributed by atoms with Gasteiger partial charge in [-0.05, 0) is 34.6 Å². The van der Waals surface area contributed by atoms with Crippen LogP contribution in [0.25, 0.3) is 11.1 Å². The summed E-state index contributed by atoms with van der Waals surface area (Å²) in [5.74, 6) is -0.316. The summed E-state index contributed by atoms with van der Waals surface area (Å²) in [5.41, 5.74) is 5.05. The molecule has 0 aromatic heterocycles. The topological polar surface area (TPSA) is 55.4 Å². The Hall–Kier alpha value is -2.62. The van der Waals surface area contributed by atoms with Gasteiger partial charge in [0.2, 0.25) is 5.91 Å². The Labute approximate surface area is 154 Å². The maximum atomic E-state index is 12.4. The standard InChI is InChI=1S/C22H25NO3/c1-14(2)21(22(25)26-3)23-20(24)13-12-19-17-10-6-4-8-15(17)16-9-5-7-11-18(16)19/h4-11,14,19,21H,12-13H2,1-3H3,(H,23,24)/t21-/m0/s1. The van der Waals surface area contributed by atoms with Crippen molar-refractivity contribution in [1.29, 1.82) is 0 Å². The van der Waals surface area contributed by atoms with Crippen LogP contribution in [0.5, 0.6) is 0 Å². The highest BCUT2D eigenvalue weighted by molar-refractivity contribution is 5.85.